The molecule has 0 unspecified atom stereocenters. The molecule has 0 saturated carbocycles. The lowest BCUT2D eigenvalue weighted by molar-refractivity contribution is 1.05. The molecule has 0 fully saturated rings. The number of allylic oxidation sites excluding steroid dienone is 2. The van der Waals surface area contributed by atoms with Gasteiger partial charge in [0.1, 0.15) is 0 Å². The van der Waals surface area contributed by atoms with Gasteiger partial charge in [0.2, 0.25) is 0 Å². The Labute approximate surface area is 45.2 Å². The highest BCUT2D eigenvalue weighted by Crippen LogP contribution is 1.85. The first kappa shape index (κ1) is 6.30. The van der Waals surface area contributed by atoms with E-state index in [2.05, 4.69) is 12.8 Å². The van der Waals surface area contributed by atoms with Crippen LogP contribution < -0.4 is 0 Å². The molecule has 0 rings (SSSR count). The van der Waals surface area contributed by atoms with E-state index in [1.807, 2.05) is 6.08 Å². The maximum absolute atomic E-state index is 4.91. The van der Waals surface area contributed by atoms with Gasteiger partial charge in [0, 0.05) is 0 Å². The molecule has 0 atom stereocenters. The van der Waals surface area contributed by atoms with Crippen LogP contribution in [0.5, 0.6) is 0 Å². The van der Waals surface area contributed by atoms with Crippen molar-refractivity contribution >= 4 is 0 Å². The molecule has 0 nitrogen and oxygen atoms in total. The zero-order valence-electron chi connectivity index (χ0n) is 4.35. The minimum atomic E-state index is 0.929. The zero-order chi connectivity index (χ0) is 5.54. The van der Waals surface area contributed by atoms with Gasteiger partial charge in [-0.25, -0.2) is 0 Å². The normalized spacial score (nSPS) is 9.14. The van der Waals surface area contributed by atoms with E-state index in [-0.39, 0.29) is 0 Å². The van der Waals surface area contributed by atoms with Crippen LogP contribution in [0.1, 0.15) is 12.8 Å². The van der Waals surface area contributed by atoms with E-state index >= 15 is 0 Å². The van der Waals surface area contributed by atoms with Crippen molar-refractivity contribution < 1.29 is 0 Å². The molecule has 0 amide bonds. The maximum atomic E-state index is 4.91. The Bertz CT molecular complexity index is 82.7. The average molecular weight is 93.1 g/mol. The quantitative estimate of drug-likeness (QED) is 0.456. The predicted molar refractivity (Wildman–Crippen MR) is 32.6 cm³/mol. The zero-order valence-corrected chi connectivity index (χ0v) is 4.35. The molecule has 0 aliphatic rings. The van der Waals surface area contributed by atoms with Crippen molar-refractivity contribution in [3.63, 3.8) is 0 Å². The lowest BCUT2D eigenvalue weighted by atomic mass is 10.3. The van der Waals surface area contributed by atoms with Gasteiger partial charge in [-0.1, -0.05) is 18.9 Å². The Morgan fingerprint density at radius 2 is 2.43 bits per heavy atom. The van der Waals surface area contributed by atoms with E-state index < -0.39 is 0 Å². The Kier molecular flexibility index (Phi) is 4.77. The first-order chi connectivity index (χ1) is 3.41. The summed E-state index contributed by atoms with van der Waals surface area (Å²) in [5, 5.41) is 0. The molecule has 37 valence electrons. The fourth-order valence-electron chi connectivity index (χ4n) is 0.269. The second-order valence-corrected chi connectivity index (χ2v) is 1.21. The molecule has 0 heterocycles. The van der Waals surface area contributed by atoms with Crippen molar-refractivity contribution in [2.75, 3.05) is 0 Å². The number of terminal acetylenes is 1. The van der Waals surface area contributed by atoms with Crippen LogP contribution in [-0.4, -0.2) is 0 Å². The molecule has 0 heteroatoms. The van der Waals surface area contributed by atoms with Gasteiger partial charge in [-0.3, -0.25) is 0 Å². The second kappa shape index (κ2) is 5.30. The number of unbranched alkanes of at least 4 members (excludes halogenated alkanes) is 1. The molecular formula is C7H9. The topological polar surface area (TPSA) is 0 Å². The smallest absolute Gasteiger partial charge is 0.0162 e. The molecule has 0 aromatic heterocycles. The van der Waals surface area contributed by atoms with E-state index in [0.717, 1.165) is 12.8 Å². The van der Waals surface area contributed by atoms with Gasteiger partial charge in [0.05, 0.1) is 0 Å². The molecule has 0 aliphatic carbocycles. The average Bonchev–Trinajstić information content (AvgIpc) is 1.69. The summed E-state index contributed by atoms with van der Waals surface area (Å²) >= 11 is 0. The van der Waals surface area contributed by atoms with Crippen LogP contribution in [0, 0.1) is 19.3 Å². The highest BCUT2D eigenvalue weighted by molar-refractivity contribution is 5.08. The van der Waals surface area contributed by atoms with Gasteiger partial charge < -0.3 is 0 Å². The summed E-state index contributed by atoms with van der Waals surface area (Å²) in [6.07, 6.45) is 10.5. The van der Waals surface area contributed by atoms with E-state index in [1.54, 1.807) is 6.08 Å². The molecule has 0 spiro atoms. The van der Waals surface area contributed by atoms with Crippen molar-refractivity contribution in [3.8, 4) is 12.3 Å². The highest BCUT2D eigenvalue weighted by atomic mass is 13.7. The van der Waals surface area contributed by atoms with Crippen LogP contribution in [0.2, 0.25) is 0 Å². The molecule has 0 saturated heterocycles. The van der Waals surface area contributed by atoms with Crippen LogP contribution >= 0.6 is 0 Å². The summed E-state index contributed by atoms with van der Waals surface area (Å²) in [5.74, 6) is 2.39. The summed E-state index contributed by atoms with van der Waals surface area (Å²) in [6.45, 7) is 3.64. The molecule has 1 radical (unpaired) electrons. The molecule has 7 heavy (non-hydrogen) atoms. The van der Waals surface area contributed by atoms with Gasteiger partial charge in [-0.2, -0.15) is 0 Å². The van der Waals surface area contributed by atoms with Crippen molar-refractivity contribution in [3.05, 3.63) is 19.1 Å². The monoisotopic (exact) mass is 93.1 g/mol. The third kappa shape index (κ3) is 5.30. The summed E-state index contributed by atoms with van der Waals surface area (Å²) in [6, 6.07) is 0. The molecule has 0 aromatic rings. The fourth-order valence-corrected chi connectivity index (χ4v) is 0.269. The van der Waals surface area contributed by atoms with Gasteiger partial charge in [-0.05, 0) is 18.9 Å². The van der Waals surface area contributed by atoms with E-state index in [1.165, 1.54) is 0 Å². The Morgan fingerprint density at radius 3 is 2.86 bits per heavy atom. The summed E-state index contributed by atoms with van der Waals surface area (Å²) in [5.41, 5.74) is 0. The Balaban J connectivity index is 2.97. The van der Waals surface area contributed by atoms with Gasteiger partial charge in [0.25, 0.3) is 0 Å². The second-order valence-electron chi connectivity index (χ2n) is 1.21. The van der Waals surface area contributed by atoms with Crippen LogP contribution in [0.3, 0.4) is 0 Å². The van der Waals surface area contributed by atoms with E-state index in [0.29, 0.717) is 0 Å². The largest absolute Gasteiger partial charge is 0.115 e. The van der Waals surface area contributed by atoms with E-state index in [9.17, 15) is 0 Å². The van der Waals surface area contributed by atoms with Gasteiger partial charge >= 0.3 is 0 Å². The SMILES string of the molecule is C#C/C=C/CC[CH2]. The van der Waals surface area contributed by atoms with E-state index in [4.69, 9.17) is 6.42 Å². The third-order valence-corrected chi connectivity index (χ3v) is 0.585. The van der Waals surface area contributed by atoms with Crippen LogP contribution in [0.4, 0.5) is 0 Å². The third-order valence-electron chi connectivity index (χ3n) is 0.585. The van der Waals surface area contributed by atoms with Crippen molar-refractivity contribution in [2.24, 2.45) is 0 Å². The lowest BCUT2D eigenvalue weighted by Gasteiger charge is -1.75. The first-order valence-corrected chi connectivity index (χ1v) is 2.32. The van der Waals surface area contributed by atoms with Crippen molar-refractivity contribution in [1.82, 2.24) is 0 Å². The molecular weight excluding hydrogens is 84.1 g/mol. The molecule has 0 N–H and O–H groups in total. The summed E-state index contributed by atoms with van der Waals surface area (Å²) in [7, 11) is 0. The Hall–Kier alpha value is -0.700. The maximum Gasteiger partial charge on any atom is -0.0162 e. The van der Waals surface area contributed by atoms with Crippen LogP contribution in [0.25, 0.3) is 0 Å². The minimum Gasteiger partial charge on any atom is -0.115 e. The standard InChI is InChI=1S/C7H9/c1-3-5-7-6-4-2/h1,5,7H,2,4,6H2/b7-5+. The first-order valence-electron chi connectivity index (χ1n) is 2.32. The summed E-state index contributed by atoms with van der Waals surface area (Å²) < 4.78 is 0. The molecule has 0 bridgehead atoms. The number of hydrogen-bond donors (Lipinski definition) is 0. The fraction of sp³-hybridized carbons (Fsp3) is 0.286. The van der Waals surface area contributed by atoms with Gasteiger partial charge in [0.15, 0.2) is 0 Å². The predicted octanol–water partition coefficient (Wildman–Crippen LogP) is 1.79. The van der Waals surface area contributed by atoms with Gasteiger partial charge in [-0.15, -0.1) is 6.42 Å². The van der Waals surface area contributed by atoms with Crippen LogP contribution in [-0.2, 0) is 0 Å². The minimum absolute atomic E-state index is 0.929. The summed E-state index contributed by atoms with van der Waals surface area (Å²) in [4.78, 5) is 0. The van der Waals surface area contributed by atoms with Crippen molar-refractivity contribution in [1.29, 1.82) is 0 Å². The highest BCUT2D eigenvalue weighted by Gasteiger charge is 1.66. The van der Waals surface area contributed by atoms with Crippen molar-refractivity contribution in [2.45, 2.75) is 12.8 Å². The molecule has 0 aliphatic heterocycles. The lowest BCUT2D eigenvalue weighted by Crippen LogP contribution is -1.57. The Morgan fingerprint density at radius 1 is 1.71 bits per heavy atom. The molecule has 0 aromatic carbocycles. The number of hydrogen-bond acceptors (Lipinski definition) is 0. The number of rotatable bonds is 2. The van der Waals surface area contributed by atoms with Crippen LogP contribution in [0.15, 0.2) is 12.2 Å².